The number of rotatable bonds is 8. The fourth-order valence-electron chi connectivity index (χ4n) is 2.88. The highest BCUT2D eigenvalue weighted by Crippen LogP contribution is 2.40. The van der Waals surface area contributed by atoms with Crippen LogP contribution >= 0.6 is 0 Å². The first-order valence-electron chi connectivity index (χ1n) is 8.58. The summed E-state index contributed by atoms with van der Waals surface area (Å²) < 4.78 is 3.81. The van der Waals surface area contributed by atoms with E-state index in [2.05, 4.69) is 27.8 Å². The van der Waals surface area contributed by atoms with E-state index in [9.17, 15) is 4.79 Å². The van der Waals surface area contributed by atoms with Crippen molar-refractivity contribution in [3.05, 3.63) is 30.2 Å². The van der Waals surface area contributed by atoms with Crippen molar-refractivity contribution >= 4 is 11.7 Å². The predicted octanol–water partition coefficient (Wildman–Crippen LogP) is 1.98. The zero-order valence-corrected chi connectivity index (χ0v) is 14.6. The van der Waals surface area contributed by atoms with Gasteiger partial charge in [0.05, 0.1) is 31.5 Å². The van der Waals surface area contributed by atoms with Crippen LogP contribution in [-0.2, 0) is 11.3 Å². The molecule has 0 aromatic carbocycles. The van der Waals surface area contributed by atoms with E-state index in [4.69, 9.17) is 0 Å². The Morgan fingerprint density at radius 3 is 2.83 bits per heavy atom. The Labute approximate surface area is 142 Å². The number of aryl methyl sites for hydroxylation is 1. The van der Waals surface area contributed by atoms with Gasteiger partial charge in [0.25, 0.3) is 0 Å². The highest BCUT2D eigenvalue weighted by Gasteiger charge is 2.30. The molecular formula is C17H26N6O. The molecular weight excluding hydrogens is 304 g/mol. The molecule has 130 valence electrons. The van der Waals surface area contributed by atoms with Crippen LogP contribution in [-0.4, -0.2) is 38.1 Å². The van der Waals surface area contributed by atoms with Gasteiger partial charge >= 0.3 is 0 Å². The van der Waals surface area contributed by atoms with E-state index in [1.807, 2.05) is 41.7 Å². The first kappa shape index (κ1) is 16.7. The molecule has 1 aliphatic carbocycles. The van der Waals surface area contributed by atoms with Gasteiger partial charge < -0.3 is 10.6 Å². The first-order chi connectivity index (χ1) is 11.5. The highest BCUT2D eigenvalue weighted by atomic mass is 16.2. The second-order valence-corrected chi connectivity index (χ2v) is 6.81. The number of anilines is 1. The molecule has 7 nitrogen and oxygen atoms in total. The van der Waals surface area contributed by atoms with E-state index in [0.29, 0.717) is 12.0 Å². The second kappa shape index (κ2) is 7.17. The summed E-state index contributed by atoms with van der Waals surface area (Å²) in [6.45, 7) is 7.22. The van der Waals surface area contributed by atoms with E-state index in [1.54, 1.807) is 6.20 Å². The molecule has 1 aliphatic rings. The Morgan fingerprint density at radius 2 is 2.17 bits per heavy atom. The predicted molar refractivity (Wildman–Crippen MR) is 92.7 cm³/mol. The van der Waals surface area contributed by atoms with Crippen molar-refractivity contribution in [1.29, 1.82) is 0 Å². The lowest BCUT2D eigenvalue weighted by Crippen LogP contribution is -2.37. The van der Waals surface area contributed by atoms with Crippen LogP contribution in [0.4, 0.5) is 5.82 Å². The van der Waals surface area contributed by atoms with Gasteiger partial charge in [-0.15, -0.1) is 0 Å². The number of nitrogens with one attached hydrogen (secondary N) is 2. The molecule has 0 spiro atoms. The van der Waals surface area contributed by atoms with Crippen molar-refractivity contribution in [2.24, 2.45) is 5.92 Å². The van der Waals surface area contributed by atoms with E-state index in [1.165, 1.54) is 12.8 Å². The summed E-state index contributed by atoms with van der Waals surface area (Å²) in [5.74, 6) is 1.41. The topological polar surface area (TPSA) is 76.8 Å². The molecule has 0 aliphatic heterocycles. The SMILES string of the molecule is Cc1cnn(CC(C)NCC(=O)Nc2ccnn2C(C)C2CC2)c1. The van der Waals surface area contributed by atoms with Crippen LogP contribution in [0.3, 0.4) is 0 Å². The number of amides is 1. The van der Waals surface area contributed by atoms with Crippen LogP contribution < -0.4 is 10.6 Å². The summed E-state index contributed by atoms with van der Waals surface area (Å²) in [6.07, 6.45) is 8.07. The number of carbonyl (C=O) groups excluding carboxylic acids is 1. The van der Waals surface area contributed by atoms with E-state index in [0.717, 1.165) is 17.9 Å². The monoisotopic (exact) mass is 330 g/mol. The van der Waals surface area contributed by atoms with Crippen molar-refractivity contribution < 1.29 is 4.79 Å². The minimum absolute atomic E-state index is 0.0526. The number of hydrogen-bond acceptors (Lipinski definition) is 4. The number of carbonyl (C=O) groups is 1. The third-order valence-electron chi connectivity index (χ3n) is 4.46. The van der Waals surface area contributed by atoms with Crippen LogP contribution in [0, 0.1) is 12.8 Å². The van der Waals surface area contributed by atoms with Crippen molar-refractivity contribution in [1.82, 2.24) is 24.9 Å². The van der Waals surface area contributed by atoms with Gasteiger partial charge in [0.2, 0.25) is 5.91 Å². The minimum Gasteiger partial charge on any atom is -0.310 e. The van der Waals surface area contributed by atoms with Crippen molar-refractivity contribution in [2.45, 2.75) is 52.2 Å². The molecule has 2 atom stereocenters. The van der Waals surface area contributed by atoms with Crippen LogP contribution in [0.25, 0.3) is 0 Å². The van der Waals surface area contributed by atoms with Crippen LogP contribution in [0.1, 0.15) is 38.3 Å². The Balaban J connectivity index is 1.46. The second-order valence-electron chi connectivity index (χ2n) is 6.81. The number of nitrogens with zero attached hydrogens (tertiary/aromatic N) is 4. The van der Waals surface area contributed by atoms with E-state index < -0.39 is 0 Å². The van der Waals surface area contributed by atoms with Crippen LogP contribution in [0.15, 0.2) is 24.7 Å². The van der Waals surface area contributed by atoms with Gasteiger partial charge in [-0.05, 0) is 45.1 Å². The molecule has 7 heteroatoms. The highest BCUT2D eigenvalue weighted by molar-refractivity contribution is 5.91. The summed E-state index contributed by atoms with van der Waals surface area (Å²) in [7, 11) is 0. The molecule has 0 saturated heterocycles. The lowest BCUT2D eigenvalue weighted by molar-refractivity contribution is -0.115. The van der Waals surface area contributed by atoms with Crippen LogP contribution in [0.2, 0.25) is 0 Å². The fourth-order valence-corrected chi connectivity index (χ4v) is 2.88. The lowest BCUT2D eigenvalue weighted by atomic mass is 10.2. The summed E-state index contributed by atoms with van der Waals surface area (Å²) >= 11 is 0. The summed E-state index contributed by atoms with van der Waals surface area (Å²) in [5.41, 5.74) is 1.14. The van der Waals surface area contributed by atoms with Gasteiger partial charge in [-0.3, -0.25) is 9.48 Å². The third kappa shape index (κ3) is 4.23. The summed E-state index contributed by atoms with van der Waals surface area (Å²) in [4.78, 5) is 12.2. The maximum Gasteiger partial charge on any atom is 0.239 e. The van der Waals surface area contributed by atoms with Gasteiger partial charge in [0, 0.05) is 18.3 Å². The molecule has 0 bridgehead atoms. The molecule has 2 heterocycles. The van der Waals surface area contributed by atoms with Crippen LogP contribution in [0.5, 0.6) is 0 Å². The average molecular weight is 330 g/mol. The minimum atomic E-state index is -0.0526. The molecule has 2 N–H and O–H groups in total. The molecule has 1 saturated carbocycles. The molecule has 0 radical (unpaired) electrons. The first-order valence-corrected chi connectivity index (χ1v) is 8.58. The van der Waals surface area contributed by atoms with Gasteiger partial charge in [-0.2, -0.15) is 10.2 Å². The standard InChI is InChI=1S/C17H26N6O/c1-12-8-20-22(10-12)11-13(2)18-9-17(24)21-16-6-7-19-23(16)14(3)15-4-5-15/h6-8,10,13-15,18H,4-5,9,11H2,1-3H3,(H,21,24). The molecule has 3 rings (SSSR count). The van der Waals surface area contributed by atoms with Crippen molar-refractivity contribution in [2.75, 3.05) is 11.9 Å². The maximum atomic E-state index is 12.2. The summed E-state index contributed by atoms with van der Waals surface area (Å²) in [5, 5.41) is 14.8. The van der Waals surface area contributed by atoms with E-state index in [-0.39, 0.29) is 18.5 Å². The van der Waals surface area contributed by atoms with E-state index >= 15 is 0 Å². The maximum absolute atomic E-state index is 12.2. The molecule has 1 amide bonds. The zero-order valence-electron chi connectivity index (χ0n) is 14.6. The summed E-state index contributed by atoms with van der Waals surface area (Å²) in [6, 6.07) is 2.35. The van der Waals surface area contributed by atoms with Crippen molar-refractivity contribution in [3.63, 3.8) is 0 Å². The molecule has 2 unspecified atom stereocenters. The Bertz CT molecular complexity index is 687. The molecule has 1 fully saturated rings. The Kier molecular flexibility index (Phi) is 4.99. The third-order valence-corrected chi connectivity index (χ3v) is 4.46. The van der Waals surface area contributed by atoms with Gasteiger partial charge in [-0.25, -0.2) is 4.68 Å². The zero-order chi connectivity index (χ0) is 17.1. The Morgan fingerprint density at radius 1 is 1.38 bits per heavy atom. The van der Waals surface area contributed by atoms with Gasteiger partial charge in [-0.1, -0.05) is 0 Å². The fraction of sp³-hybridized carbons (Fsp3) is 0.588. The number of aromatic nitrogens is 4. The van der Waals surface area contributed by atoms with Gasteiger partial charge in [0.1, 0.15) is 5.82 Å². The quantitative estimate of drug-likeness (QED) is 0.776. The molecule has 24 heavy (non-hydrogen) atoms. The molecule has 2 aromatic rings. The number of hydrogen-bond donors (Lipinski definition) is 2. The average Bonchev–Trinajstić information content (AvgIpc) is 3.17. The normalized spacial score (nSPS) is 16.8. The van der Waals surface area contributed by atoms with Crippen molar-refractivity contribution in [3.8, 4) is 0 Å². The largest absolute Gasteiger partial charge is 0.310 e. The lowest BCUT2D eigenvalue weighted by Gasteiger charge is -2.17. The van der Waals surface area contributed by atoms with Gasteiger partial charge in [0.15, 0.2) is 0 Å². The smallest absolute Gasteiger partial charge is 0.239 e. The molecule has 2 aromatic heterocycles. The Hall–Kier alpha value is -2.15.